The van der Waals surface area contributed by atoms with Crippen LogP contribution in [-0.4, -0.2) is 24.1 Å². The second kappa shape index (κ2) is 14.7. The summed E-state index contributed by atoms with van der Waals surface area (Å²) in [4.78, 5) is 15.9. The summed E-state index contributed by atoms with van der Waals surface area (Å²) in [6, 6.07) is 79.4. The number of rotatable bonds is 7. The summed E-state index contributed by atoms with van der Waals surface area (Å²) < 4.78 is 4.35. The Labute approximate surface area is 358 Å². The minimum absolute atomic E-state index is 0.561. The minimum Gasteiger partial charge on any atom is -0.278 e. The molecule has 0 aliphatic heterocycles. The van der Waals surface area contributed by atoms with E-state index in [2.05, 4.69) is 234 Å². The van der Waals surface area contributed by atoms with Gasteiger partial charge in [0.25, 0.3) is 0 Å². The van der Waals surface area contributed by atoms with E-state index in [0.717, 1.165) is 71.4 Å². The quantitative estimate of drug-likeness (QED) is 0.162. The van der Waals surface area contributed by atoms with E-state index in [4.69, 9.17) is 15.0 Å². The number of aromatic nitrogens is 5. The van der Waals surface area contributed by atoms with Crippen LogP contribution in [0.5, 0.6) is 0 Å². The van der Waals surface area contributed by atoms with E-state index < -0.39 is 0 Å². The van der Waals surface area contributed by atoms with Gasteiger partial charge in [0, 0.05) is 27.1 Å². The summed E-state index contributed by atoms with van der Waals surface area (Å²) in [5, 5.41) is 4.60. The Hall–Kier alpha value is -8.41. The fourth-order valence-corrected chi connectivity index (χ4v) is 9.04. The van der Waals surface area contributed by atoms with Crippen LogP contribution in [0.3, 0.4) is 0 Å². The van der Waals surface area contributed by atoms with Gasteiger partial charge in [0.2, 0.25) is 11.9 Å². The summed E-state index contributed by atoms with van der Waals surface area (Å²) >= 11 is 0. The van der Waals surface area contributed by atoms with Crippen molar-refractivity contribution in [1.82, 2.24) is 24.1 Å². The third-order valence-electron chi connectivity index (χ3n) is 12.0. The van der Waals surface area contributed by atoms with Gasteiger partial charge in [-0.25, -0.2) is 0 Å². The van der Waals surface area contributed by atoms with Crippen LogP contribution in [0.1, 0.15) is 0 Å². The molecule has 0 aliphatic carbocycles. The van der Waals surface area contributed by atoms with Crippen molar-refractivity contribution in [1.29, 1.82) is 0 Å². The lowest BCUT2D eigenvalue weighted by Crippen LogP contribution is -2.10. The first-order valence-corrected chi connectivity index (χ1v) is 20.9. The molecule has 0 saturated carbocycles. The number of fused-ring (bicyclic) bond motifs is 6. The highest BCUT2D eigenvalue weighted by Gasteiger charge is 2.20. The molecule has 0 amide bonds. The van der Waals surface area contributed by atoms with Gasteiger partial charge < -0.3 is 0 Å². The first kappa shape index (κ1) is 35.5. The average molecular weight is 792 g/mol. The second-order valence-electron chi connectivity index (χ2n) is 15.7. The molecule has 0 N–H and O–H groups in total. The minimum atomic E-state index is 0.561. The van der Waals surface area contributed by atoms with E-state index in [1.165, 1.54) is 22.3 Å². The summed E-state index contributed by atoms with van der Waals surface area (Å²) in [6.07, 6.45) is 0. The molecule has 290 valence electrons. The Morgan fingerprint density at radius 2 is 0.516 bits per heavy atom. The first-order chi connectivity index (χ1) is 30.7. The molecule has 3 heterocycles. The molecular weight excluding hydrogens is 755 g/mol. The molecule has 9 aromatic carbocycles. The van der Waals surface area contributed by atoms with E-state index in [9.17, 15) is 0 Å². The van der Waals surface area contributed by atoms with Crippen molar-refractivity contribution in [3.8, 4) is 67.8 Å². The molecule has 0 unspecified atom stereocenters. The fourth-order valence-electron chi connectivity index (χ4n) is 9.04. The summed E-state index contributed by atoms with van der Waals surface area (Å²) in [6.45, 7) is 0. The van der Waals surface area contributed by atoms with Gasteiger partial charge in [-0.2, -0.15) is 15.0 Å². The largest absolute Gasteiger partial charge is 0.278 e. The summed E-state index contributed by atoms with van der Waals surface area (Å²) in [5.74, 6) is 1.72. The monoisotopic (exact) mass is 791 g/mol. The maximum Gasteiger partial charge on any atom is 0.240 e. The molecular formula is C57H37N5. The number of nitrogens with zero attached hydrogens (tertiary/aromatic N) is 5. The highest BCUT2D eigenvalue weighted by Crippen LogP contribution is 2.36. The van der Waals surface area contributed by atoms with Crippen LogP contribution in [0.2, 0.25) is 0 Å². The smallest absolute Gasteiger partial charge is 0.240 e. The molecule has 0 radical (unpaired) electrons. The van der Waals surface area contributed by atoms with Crippen molar-refractivity contribution in [2.45, 2.75) is 0 Å². The first-order valence-electron chi connectivity index (χ1n) is 20.9. The number of hydrogen-bond acceptors (Lipinski definition) is 3. The Morgan fingerprint density at radius 1 is 0.226 bits per heavy atom. The molecule has 5 heteroatoms. The lowest BCUT2D eigenvalue weighted by Gasteiger charge is -2.13. The lowest BCUT2D eigenvalue weighted by molar-refractivity contribution is 0.893. The Balaban J connectivity index is 0.975. The topological polar surface area (TPSA) is 48.5 Å². The van der Waals surface area contributed by atoms with Gasteiger partial charge in [-0.15, -0.1) is 0 Å². The average Bonchev–Trinajstić information content (AvgIpc) is 3.88. The van der Waals surface area contributed by atoms with Crippen LogP contribution in [0.4, 0.5) is 0 Å². The maximum absolute atomic E-state index is 5.32. The number of benzene rings is 9. The zero-order valence-electron chi connectivity index (χ0n) is 33.6. The molecule has 0 aliphatic rings. The zero-order valence-corrected chi connectivity index (χ0v) is 33.6. The highest BCUT2D eigenvalue weighted by atomic mass is 15.3. The Bertz CT molecular complexity index is 3400. The van der Waals surface area contributed by atoms with Gasteiger partial charge in [-0.05, 0) is 87.0 Å². The van der Waals surface area contributed by atoms with Gasteiger partial charge in [-0.3, -0.25) is 9.13 Å². The van der Waals surface area contributed by atoms with Gasteiger partial charge in [-0.1, -0.05) is 182 Å². The van der Waals surface area contributed by atoms with Gasteiger partial charge in [0.05, 0.1) is 22.1 Å². The SMILES string of the molecule is c1ccc(-c2ccc(-c3cccc(-c4cccc(-c5cccc(-c6nc(-n7c8ccccc8c8ccccc87)nc(-n7c8ccccc8c8ccccc87)n6)c5)c4)c3)cc2)cc1. The van der Waals surface area contributed by atoms with Crippen LogP contribution in [-0.2, 0) is 0 Å². The van der Waals surface area contributed by atoms with Crippen molar-refractivity contribution >= 4 is 43.6 Å². The van der Waals surface area contributed by atoms with Gasteiger partial charge in [0.1, 0.15) is 0 Å². The summed E-state index contributed by atoms with van der Waals surface area (Å²) in [7, 11) is 0. The molecule has 12 rings (SSSR count). The molecule has 0 bridgehead atoms. The third-order valence-corrected chi connectivity index (χ3v) is 12.0. The van der Waals surface area contributed by atoms with Gasteiger partial charge >= 0.3 is 0 Å². The van der Waals surface area contributed by atoms with Crippen molar-refractivity contribution in [2.24, 2.45) is 0 Å². The van der Waals surface area contributed by atoms with Gasteiger partial charge in [0.15, 0.2) is 5.82 Å². The highest BCUT2D eigenvalue weighted by molar-refractivity contribution is 6.10. The molecule has 0 fully saturated rings. The molecule has 12 aromatic rings. The molecule has 0 saturated heterocycles. The van der Waals surface area contributed by atoms with Crippen LogP contribution in [0.15, 0.2) is 224 Å². The Kier molecular flexibility index (Phi) is 8.42. The molecule has 0 spiro atoms. The fraction of sp³-hybridized carbons (Fsp3) is 0. The second-order valence-corrected chi connectivity index (χ2v) is 15.7. The molecule has 62 heavy (non-hydrogen) atoms. The standard InChI is InChI=1S/C57H37N5/c1-2-15-38(16-3-1)39-31-33-40(34-32-39)41-17-12-18-42(35-41)43-19-13-20-44(36-43)45-21-14-22-46(37-45)55-58-56(61-51-27-8-4-23-47(51)48-24-5-9-28-52(48)61)60-57(59-55)62-53-29-10-6-25-49(53)50-26-7-11-30-54(50)62/h1-37H. The van der Waals surface area contributed by atoms with Crippen LogP contribution >= 0.6 is 0 Å². The van der Waals surface area contributed by atoms with Crippen molar-refractivity contribution in [2.75, 3.05) is 0 Å². The number of para-hydroxylation sites is 4. The Morgan fingerprint density at radius 3 is 0.935 bits per heavy atom. The predicted molar refractivity (Wildman–Crippen MR) is 256 cm³/mol. The van der Waals surface area contributed by atoms with E-state index in [1.807, 2.05) is 0 Å². The van der Waals surface area contributed by atoms with Crippen LogP contribution in [0.25, 0.3) is 111 Å². The molecule has 5 nitrogen and oxygen atoms in total. The normalized spacial score (nSPS) is 11.5. The lowest BCUT2D eigenvalue weighted by atomic mass is 9.95. The molecule has 3 aromatic heterocycles. The maximum atomic E-state index is 5.32. The van der Waals surface area contributed by atoms with Crippen LogP contribution in [0, 0.1) is 0 Å². The molecule has 0 atom stereocenters. The zero-order chi connectivity index (χ0) is 41.0. The van der Waals surface area contributed by atoms with E-state index in [-0.39, 0.29) is 0 Å². The van der Waals surface area contributed by atoms with Crippen molar-refractivity contribution < 1.29 is 0 Å². The van der Waals surface area contributed by atoms with Crippen molar-refractivity contribution in [3.05, 3.63) is 224 Å². The summed E-state index contributed by atoms with van der Waals surface area (Å²) in [5.41, 5.74) is 14.4. The van der Waals surface area contributed by atoms with E-state index >= 15 is 0 Å². The third kappa shape index (κ3) is 6.06. The van der Waals surface area contributed by atoms with E-state index in [0.29, 0.717) is 17.7 Å². The predicted octanol–water partition coefficient (Wildman–Crippen LogP) is 14.4. The van der Waals surface area contributed by atoms with Crippen molar-refractivity contribution in [3.63, 3.8) is 0 Å². The number of hydrogen-bond donors (Lipinski definition) is 0. The van der Waals surface area contributed by atoms with E-state index in [1.54, 1.807) is 0 Å². The van der Waals surface area contributed by atoms with Crippen LogP contribution < -0.4 is 0 Å².